The molecule has 1 fully saturated rings. The molecule has 1 aliphatic heterocycles. The monoisotopic (exact) mass is 598 g/mol. The molecule has 0 saturated carbocycles. The van der Waals surface area contributed by atoms with Gasteiger partial charge in [0.15, 0.2) is 16.7 Å². The second-order valence-corrected chi connectivity index (χ2v) is 12.1. The standard InChI is InChI=1S/C33H30N2O5S2/c1-3-39-30-20-27(16-19-29(30)40-42(37,38)28-17-14-24(2)15-18-28)21-31-32(36)35(23-26-12-8-5-9-13-26)33(41-31)34-22-25-10-6-4-7-11-25/h4-21H,3,22-23H2,1-2H3/b31-21+,34-33?. The molecule has 1 aliphatic rings. The predicted molar refractivity (Wildman–Crippen MR) is 167 cm³/mol. The lowest BCUT2D eigenvalue weighted by Crippen LogP contribution is -2.28. The van der Waals surface area contributed by atoms with Crippen molar-refractivity contribution < 1.29 is 22.1 Å². The quantitative estimate of drug-likeness (QED) is 0.147. The van der Waals surface area contributed by atoms with Crippen molar-refractivity contribution >= 4 is 39.0 Å². The van der Waals surface area contributed by atoms with Crippen LogP contribution in [0, 0.1) is 6.92 Å². The summed E-state index contributed by atoms with van der Waals surface area (Å²) in [7, 11) is -4.06. The highest BCUT2D eigenvalue weighted by molar-refractivity contribution is 8.18. The number of aliphatic imine (C=N–C) groups is 1. The Bertz CT molecular complexity index is 1720. The zero-order valence-corrected chi connectivity index (χ0v) is 24.9. The van der Waals surface area contributed by atoms with Crippen LogP contribution in [0.2, 0.25) is 0 Å². The van der Waals surface area contributed by atoms with Gasteiger partial charge in [0.2, 0.25) is 0 Å². The van der Waals surface area contributed by atoms with Gasteiger partial charge >= 0.3 is 10.1 Å². The number of aryl methyl sites for hydroxylation is 1. The molecule has 42 heavy (non-hydrogen) atoms. The summed E-state index contributed by atoms with van der Waals surface area (Å²) in [6.07, 6.45) is 1.76. The summed E-state index contributed by atoms with van der Waals surface area (Å²) >= 11 is 1.31. The summed E-state index contributed by atoms with van der Waals surface area (Å²) in [4.78, 5) is 20.6. The number of thioether (sulfide) groups is 1. The molecule has 1 saturated heterocycles. The first-order chi connectivity index (χ1) is 20.3. The van der Waals surface area contributed by atoms with E-state index in [1.54, 1.807) is 48.2 Å². The third-order valence-corrected chi connectivity index (χ3v) is 8.68. The van der Waals surface area contributed by atoms with E-state index in [-0.39, 0.29) is 22.3 Å². The molecule has 5 rings (SSSR count). The minimum Gasteiger partial charge on any atom is -0.490 e. The number of amidine groups is 1. The molecule has 7 nitrogen and oxygen atoms in total. The van der Waals surface area contributed by atoms with Crippen molar-refractivity contribution in [1.29, 1.82) is 0 Å². The van der Waals surface area contributed by atoms with E-state index in [0.717, 1.165) is 16.7 Å². The van der Waals surface area contributed by atoms with Gasteiger partial charge in [-0.2, -0.15) is 8.42 Å². The van der Waals surface area contributed by atoms with E-state index in [1.807, 2.05) is 67.6 Å². The maximum Gasteiger partial charge on any atom is 0.339 e. The van der Waals surface area contributed by atoms with Crippen LogP contribution in [-0.4, -0.2) is 31.0 Å². The predicted octanol–water partition coefficient (Wildman–Crippen LogP) is 6.83. The number of hydrogen-bond donors (Lipinski definition) is 0. The minimum absolute atomic E-state index is 0.0514. The van der Waals surface area contributed by atoms with Gasteiger partial charge in [-0.25, -0.2) is 0 Å². The number of ether oxygens (including phenoxy) is 1. The van der Waals surface area contributed by atoms with Crippen LogP contribution in [0.5, 0.6) is 11.5 Å². The van der Waals surface area contributed by atoms with Crippen molar-refractivity contribution in [2.24, 2.45) is 4.99 Å². The van der Waals surface area contributed by atoms with Gasteiger partial charge in [0, 0.05) is 0 Å². The summed E-state index contributed by atoms with van der Waals surface area (Å²) < 4.78 is 37.0. The lowest BCUT2D eigenvalue weighted by atomic mass is 10.1. The molecule has 4 aromatic carbocycles. The molecule has 1 amide bonds. The number of hydrogen-bond acceptors (Lipinski definition) is 7. The number of carbonyl (C=O) groups excluding carboxylic acids is 1. The van der Waals surface area contributed by atoms with Crippen LogP contribution in [-0.2, 0) is 28.0 Å². The molecule has 0 aromatic heterocycles. The van der Waals surface area contributed by atoms with Gasteiger partial charge in [-0.05, 0) is 72.6 Å². The van der Waals surface area contributed by atoms with Crippen molar-refractivity contribution in [2.45, 2.75) is 31.8 Å². The second kappa shape index (κ2) is 13.1. The first kappa shape index (κ1) is 29.2. The van der Waals surface area contributed by atoms with Gasteiger partial charge in [0.05, 0.1) is 24.6 Å². The van der Waals surface area contributed by atoms with Crippen molar-refractivity contribution in [1.82, 2.24) is 4.90 Å². The lowest BCUT2D eigenvalue weighted by molar-refractivity contribution is -0.122. The fraction of sp³-hybridized carbons (Fsp3) is 0.152. The van der Waals surface area contributed by atoms with Crippen LogP contribution in [0.25, 0.3) is 6.08 Å². The number of benzene rings is 4. The van der Waals surface area contributed by atoms with E-state index in [9.17, 15) is 13.2 Å². The van der Waals surface area contributed by atoms with Crippen LogP contribution in [0.3, 0.4) is 0 Å². The highest BCUT2D eigenvalue weighted by Crippen LogP contribution is 2.36. The number of carbonyl (C=O) groups is 1. The summed E-state index contributed by atoms with van der Waals surface area (Å²) in [5, 5.41) is 0.619. The molecule has 214 valence electrons. The Labute approximate surface area is 250 Å². The smallest absolute Gasteiger partial charge is 0.339 e. The van der Waals surface area contributed by atoms with E-state index in [1.165, 1.54) is 23.9 Å². The van der Waals surface area contributed by atoms with E-state index >= 15 is 0 Å². The highest BCUT2D eigenvalue weighted by atomic mass is 32.2. The number of amides is 1. The van der Waals surface area contributed by atoms with E-state index in [0.29, 0.717) is 35.3 Å². The second-order valence-electron chi connectivity index (χ2n) is 9.56. The molecule has 0 atom stereocenters. The van der Waals surface area contributed by atoms with E-state index in [2.05, 4.69) is 0 Å². The summed E-state index contributed by atoms with van der Waals surface area (Å²) in [6.45, 7) is 4.83. The van der Waals surface area contributed by atoms with E-state index < -0.39 is 10.1 Å². The minimum atomic E-state index is -4.06. The fourth-order valence-corrected chi connectivity index (χ4v) is 6.16. The number of nitrogens with zero attached hydrogens (tertiary/aromatic N) is 2. The Morgan fingerprint density at radius 2 is 1.52 bits per heavy atom. The Balaban J connectivity index is 1.43. The highest BCUT2D eigenvalue weighted by Gasteiger charge is 2.33. The third-order valence-electron chi connectivity index (χ3n) is 6.39. The zero-order chi connectivity index (χ0) is 29.5. The summed E-state index contributed by atoms with van der Waals surface area (Å²) in [5.74, 6) is 0.175. The third kappa shape index (κ3) is 7.10. The molecule has 0 N–H and O–H groups in total. The molecular formula is C33H30N2O5S2. The van der Waals surface area contributed by atoms with Crippen LogP contribution in [0.1, 0.15) is 29.2 Å². The number of rotatable bonds is 10. The normalized spacial score (nSPS) is 15.4. The maximum absolute atomic E-state index is 13.6. The molecule has 9 heteroatoms. The first-order valence-corrected chi connectivity index (χ1v) is 15.7. The Kier molecular flexibility index (Phi) is 9.09. The van der Waals surface area contributed by atoms with Crippen LogP contribution in [0.4, 0.5) is 0 Å². The average molecular weight is 599 g/mol. The molecule has 0 spiro atoms. The van der Waals surface area contributed by atoms with Crippen LogP contribution in [0.15, 0.2) is 118 Å². The maximum atomic E-state index is 13.6. The lowest BCUT2D eigenvalue weighted by Gasteiger charge is -2.15. The van der Waals surface area contributed by atoms with Gasteiger partial charge < -0.3 is 8.92 Å². The Morgan fingerprint density at radius 1 is 0.857 bits per heavy atom. The van der Waals surface area contributed by atoms with Crippen molar-refractivity contribution in [3.05, 3.63) is 130 Å². The van der Waals surface area contributed by atoms with Crippen molar-refractivity contribution in [3.63, 3.8) is 0 Å². The van der Waals surface area contributed by atoms with Gasteiger partial charge in [-0.3, -0.25) is 14.7 Å². The molecule has 4 aromatic rings. The Hall–Kier alpha value is -4.34. The van der Waals surface area contributed by atoms with E-state index in [4.69, 9.17) is 13.9 Å². The van der Waals surface area contributed by atoms with Gasteiger partial charge in [0.25, 0.3) is 5.91 Å². The van der Waals surface area contributed by atoms with Crippen LogP contribution < -0.4 is 8.92 Å². The molecule has 0 aliphatic carbocycles. The van der Waals surface area contributed by atoms with Crippen molar-refractivity contribution in [2.75, 3.05) is 6.61 Å². The molecule has 0 unspecified atom stereocenters. The van der Waals surface area contributed by atoms with Crippen LogP contribution >= 0.6 is 11.8 Å². The van der Waals surface area contributed by atoms with Crippen molar-refractivity contribution in [3.8, 4) is 11.5 Å². The molecule has 0 bridgehead atoms. The average Bonchev–Trinajstić information content (AvgIpc) is 3.28. The SMILES string of the molecule is CCOc1cc(/C=C2/SC(=NCc3ccccc3)N(Cc3ccccc3)C2=O)ccc1OS(=O)(=O)c1ccc(C)cc1. The fourth-order valence-electron chi connectivity index (χ4n) is 4.25. The van der Waals surface area contributed by atoms with Gasteiger partial charge in [-0.15, -0.1) is 0 Å². The Morgan fingerprint density at radius 3 is 2.19 bits per heavy atom. The van der Waals surface area contributed by atoms with Gasteiger partial charge in [-0.1, -0.05) is 84.4 Å². The molecule has 0 radical (unpaired) electrons. The molecular weight excluding hydrogens is 569 g/mol. The summed E-state index contributed by atoms with van der Waals surface area (Å²) in [5.41, 5.74) is 3.65. The molecule has 1 heterocycles. The largest absolute Gasteiger partial charge is 0.490 e. The van der Waals surface area contributed by atoms with Gasteiger partial charge in [0.1, 0.15) is 4.90 Å². The summed E-state index contributed by atoms with van der Waals surface area (Å²) in [6, 6.07) is 31.0. The zero-order valence-electron chi connectivity index (χ0n) is 23.3. The topological polar surface area (TPSA) is 85.3 Å². The first-order valence-electron chi connectivity index (χ1n) is 13.4.